The maximum absolute atomic E-state index is 5.75. The van der Waals surface area contributed by atoms with E-state index in [-0.39, 0.29) is 29.4 Å². The van der Waals surface area contributed by atoms with Crippen molar-refractivity contribution in [3.05, 3.63) is 42.6 Å². The standard InChI is InChI=1S/C14H11N9O/c15-13-19-10(11-18-12(24-23-11)9-6-7-16-22-9)20-14(21-13)17-8-4-2-1-3-5-8/h1-7H,(H,16,22)(H3,15,17,19,20,21). The molecule has 4 aromatic rings. The molecule has 1 aromatic carbocycles. The second-order valence-corrected chi connectivity index (χ2v) is 4.73. The SMILES string of the molecule is Nc1nc(Nc2ccccc2)nc(-c2noc(-c3ccn[nH]3)n2)n1. The van der Waals surface area contributed by atoms with Crippen LogP contribution in [0.5, 0.6) is 0 Å². The number of aromatic amines is 1. The third-order valence-electron chi connectivity index (χ3n) is 3.04. The quantitative estimate of drug-likeness (QED) is 0.510. The Morgan fingerprint density at radius 3 is 2.62 bits per heavy atom. The van der Waals surface area contributed by atoms with E-state index in [0.717, 1.165) is 5.69 Å². The summed E-state index contributed by atoms with van der Waals surface area (Å²) in [6, 6.07) is 11.2. The summed E-state index contributed by atoms with van der Waals surface area (Å²) in [5.41, 5.74) is 7.16. The second kappa shape index (κ2) is 5.76. The molecule has 0 unspecified atom stereocenters. The molecule has 0 spiro atoms. The Kier molecular flexibility index (Phi) is 3.31. The van der Waals surface area contributed by atoms with Crippen LogP contribution in [0.25, 0.3) is 23.2 Å². The van der Waals surface area contributed by atoms with Crippen LogP contribution in [0.15, 0.2) is 47.1 Å². The van der Waals surface area contributed by atoms with E-state index in [1.165, 1.54) is 0 Å². The lowest BCUT2D eigenvalue weighted by Crippen LogP contribution is -2.05. The first kappa shape index (κ1) is 13.8. The van der Waals surface area contributed by atoms with Gasteiger partial charge in [-0.3, -0.25) is 5.10 Å². The minimum absolute atomic E-state index is 0.0475. The summed E-state index contributed by atoms with van der Waals surface area (Å²) < 4.78 is 5.17. The smallest absolute Gasteiger partial charge is 0.276 e. The van der Waals surface area contributed by atoms with E-state index in [4.69, 9.17) is 10.3 Å². The molecule has 24 heavy (non-hydrogen) atoms. The van der Waals surface area contributed by atoms with Gasteiger partial charge in [0.05, 0.1) is 0 Å². The third-order valence-corrected chi connectivity index (χ3v) is 3.04. The van der Waals surface area contributed by atoms with Crippen molar-refractivity contribution in [1.29, 1.82) is 0 Å². The summed E-state index contributed by atoms with van der Waals surface area (Å²) in [5, 5.41) is 13.5. The predicted octanol–water partition coefficient (Wildman–Crippen LogP) is 1.64. The van der Waals surface area contributed by atoms with Crippen molar-refractivity contribution in [1.82, 2.24) is 35.3 Å². The molecule has 0 bridgehead atoms. The topological polar surface area (TPSA) is 144 Å². The summed E-state index contributed by atoms with van der Waals surface area (Å²) in [7, 11) is 0. The van der Waals surface area contributed by atoms with E-state index < -0.39 is 0 Å². The van der Waals surface area contributed by atoms with Gasteiger partial charge in [-0.05, 0) is 18.2 Å². The van der Waals surface area contributed by atoms with Crippen LogP contribution in [0.2, 0.25) is 0 Å². The molecule has 0 saturated carbocycles. The van der Waals surface area contributed by atoms with Gasteiger partial charge in [-0.2, -0.15) is 25.0 Å². The minimum atomic E-state index is 0.0475. The Bertz CT molecular complexity index is 950. The van der Waals surface area contributed by atoms with Crippen LogP contribution < -0.4 is 11.1 Å². The first-order valence-electron chi connectivity index (χ1n) is 6.95. The van der Waals surface area contributed by atoms with Gasteiger partial charge in [0, 0.05) is 11.9 Å². The van der Waals surface area contributed by atoms with Gasteiger partial charge >= 0.3 is 0 Å². The number of benzene rings is 1. The largest absolute Gasteiger partial charge is 0.368 e. The zero-order chi connectivity index (χ0) is 16.4. The molecule has 0 atom stereocenters. The predicted molar refractivity (Wildman–Crippen MR) is 84.8 cm³/mol. The number of hydrogen-bond acceptors (Lipinski definition) is 9. The summed E-state index contributed by atoms with van der Waals surface area (Å²) >= 11 is 0. The number of rotatable bonds is 4. The zero-order valence-corrected chi connectivity index (χ0v) is 12.2. The van der Waals surface area contributed by atoms with Crippen molar-refractivity contribution in [2.24, 2.45) is 0 Å². The van der Waals surface area contributed by atoms with E-state index in [1.807, 2.05) is 30.3 Å². The van der Waals surface area contributed by atoms with E-state index in [0.29, 0.717) is 5.69 Å². The van der Waals surface area contributed by atoms with Gasteiger partial charge in [0.2, 0.25) is 23.5 Å². The minimum Gasteiger partial charge on any atom is -0.368 e. The van der Waals surface area contributed by atoms with Crippen molar-refractivity contribution in [2.45, 2.75) is 0 Å². The molecule has 0 radical (unpaired) electrons. The number of nitrogens with one attached hydrogen (secondary N) is 2. The van der Waals surface area contributed by atoms with Crippen LogP contribution in [0.4, 0.5) is 17.6 Å². The maximum atomic E-state index is 5.75. The lowest BCUT2D eigenvalue weighted by atomic mass is 10.3. The van der Waals surface area contributed by atoms with Crippen molar-refractivity contribution in [2.75, 3.05) is 11.1 Å². The molecule has 4 rings (SSSR count). The molecule has 3 heterocycles. The average molecular weight is 321 g/mol. The molecule has 10 heteroatoms. The first-order valence-corrected chi connectivity index (χ1v) is 6.95. The van der Waals surface area contributed by atoms with Crippen LogP contribution in [0.3, 0.4) is 0 Å². The number of nitrogens with zero attached hydrogens (tertiary/aromatic N) is 6. The molecule has 0 aliphatic rings. The Balaban J connectivity index is 1.66. The second-order valence-electron chi connectivity index (χ2n) is 4.73. The number of anilines is 3. The van der Waals surface area contributed by atoms with Gasteiger partial charge in [-0.1, -0.05) is 23.4 Å². The Hall–Kier alpha value is -3.82. The van der Waals surface area contributed by atoms with E-state index in [1.54, 1.807) is 12.3 Å². The average Bonchev–Trinajstić information content (AvgIpc) is 3.27. The Morgan fingerprint density at radius 2 is 1.83 bits per heavy atom. The number of para-hydroxylation sites is 1. The van der Waals surface area contributed by atoms with Crippen LogP contribution in [-0.4, -0.2) is 35.3 Å². The van der Waals surface area contributed by atoms with Gasteiger partial charge in [-0.25, -0.2) is 0 Å². The van der Waals surface area contributed by atoms with Crippen molar-refractivity contribution >= 4 is 17.6 Å². The molecule has 3 aromatic heterocycles. The number of aromatic nitrogens is 7. The van der Waals surface area contributed by atoms with Crippen LogP contribution >= 0.6 is 0 Å². The van der Waals surface area contributed by atoms with Gasteiger partial charge < -0.3 is 15.6 Å². The third kappa shape index (κ3) is 2.75. The van der Waals surface area contributed by atoms with Crippen molar-refractivity contribution in [3.8, 4) is 23.2 Å². The molecule has 0 fully saturated rings. The summed E-state index contributed by atoms with van der Waals surface area (Å²) in [6.07, 6.45) is 1.59. The molecule has 4 N–H and O–H groups in total. The molecular weight excluding hydrogens is 310 g/mol. The van der Waals surface area contributed by atoms with E-state index in [9.17, 15) is 0 Å². The summed E-state index contributed by atoms with van der Waals surface area (Å²) in [4.78, 5) is 16.6. The number of H-pyrrole nitrogens is 1. The molecule has 0 amide bonds. The van der Waals surface area contributed by atoms with Crippen LogP contribution in [-0.2, 0) is 0 Å². The van der Waals surface area contributed by atoms with Crippen molar-refractivity contribution in [3.63, 3.8) is 0 Å². The Morgan fingerprint density at radius 1 is 0.958 bits per heavy atom. The molecular formula is C14H11N9O. The summed E-state index contributed by atoms with van der Waals surface area (Å²) in [6.45, 7) is 0. The van der Waals surface area contributed by atoms with Gasteiger partial charge in [0.15, 0.2) is 0 Å². The highest BCUT2D eigenvalue weighted by molar-refractivity contribution is 5.57. The fraction of sp³-hybridized carbons (Fsp3) is 0. The highest BCUT2D eigenvalue weighted by Gasteiger charge is 2.15. The first-order chi connectivity index (χ1) is 11.8. The molecule has 0 aliphatic heterocycles. The highest BCUT2D eigenvalue weighted by Crippen LogP contribution is 2.20. The van der Waals surface area contributed by atoms with Crippen LogP contribution in [0.1, 0.15) is 0 Å². The number of nitrogens with two attached hydrogens (primary N) is 1. The molecule has 0 aliphatic carbocycles. The van der Waals surface area contributed by atoms with Gasteiger partial charge in [0.25, 0.3) is 5.89 Å². The Labute approximate surface area is 135 Å². The van der Waals surface area contributed by atoms with E-state index in [2.05, 4.69) is 40.6 Å². The lowest BCUT2D eigenvalue weighted by molar-refractivity contribution is 0.430. The van der Waals surface area contributed by atoms with Gasteiger partial charge in [0.1, 0.15) is 5.69 Å². The molecule has 0 saturated heterocycles. The normalized spacial score (nSPS) is 10.7. The zero-order valence-electron chi connectivity index (χ0n) is 12.2. The monoisotopic (exact) mass is 321 g/mol. The van der Waals surface area contributed by atoms with E-state index >= 15 is 0 Å². The number of hydrogen-bond donors (Lipinski definition) is 3. The lowest BCUT2D eigenvalue weighted by Gasteiger charge is -2.05. The molecule has 118 valence electrons. The highest BCUT2D eigenvalue weighted by atomic mass is 16.5. The molecule has 10 nitrogen and oxygen atoms in total. The van der Waals surface area contributed by atoms with Crippen molar-refractivity contribution < 1.29 is 4.52 Å². The van der Waals surface area contributed by atoms with Gasteiger partial charge in [-0.15, -0.1) is 0 Å². The fourth-order valence-electron chi connectivity index (χ4n) is 2.00. The summed E-state index contributed by atoms with van der Waals surface area (Å²) in [5.74, 6) is 1.02. The maximum Gasteiger partial charge on any atom is 0.276 e. The fourth-order valence-corrected chi connectivity index (χ4v) is 2.00. The number of nitrogen functional groups attached to an aromatic ring is 1. The van der Waals surface area contributed by atoms with Crippen LogP contribution in [0, 0.1) is 0 Å².